The average molecular weight is 356 g/mol. The molecule has 24 heavy (non-hydrogen) atoms. The highest BCUT2D eigenvalue weighted by Gasteiger charge is 2.10. The Morgan fingerprint density at radius 3 is 2.71 bits per heavy atom. The second kappa shape index (κ2) is 7.99. The Balaban J connectivity index is 1.58. The lowest BCUT2D eigenvalue weighted by Gasteiger charge is -2.09. The van der Waals surface area contributed by atoms with Gasteiger partial charge in [-0.25, -0.2) is 4.98 Å². The van der Waals surface area contributed by atoms with Crippen molar-refractivity contribution in [2.24, 2.45) is 0 Å². The van der Waals surface area contributed by atoms with E-state index >= 15 is 0 Å². The topological polar surface area (TPSA) is 51.2 Å². The van der Waals surface area contributed by atoms with Crippen LogP contribution in [0.1, 0.15) is 0 Å². The Morgan fingerprint density at radius 1 is 1.17 bits per heavy atom. The van der Waals surface area contributed by atoms with Gasteiger partial charge in [0, 0.05) is 10.9 Å². The van der Waals surface area contributed by atoms with Crippen LogP contribution in [0.2, 0.25) is 0 Å². The van der Waals surface area contributed by atoms with Crippen LogP contribution in [0.25, 0.3) is 11.3 Å². The number of nitrogens with zero attached hydrogens (tertiary/aromatic N) is 1. The molecule has 2 aromatic carbocycles. The van der Waals surface area contributed by atoms with Crippen LogP contribution >= 0.6 is 23.1 Å². The monoisotopic (exact) mass is 356 g/mol. The van der Waals surface area contributed by atoms with Crippen molar-refractivity contribution in [3.8, 4) is 17.0 Å². The fourth-order valence-electron chi connectivity index (χ4n) is 2.13. The van der Waals surface area contributed by atoms with Gasteiger partial charge < -0.3 is 10.1 Å². The molecule has 0 atom stereocenters. The Kier molecular flexibility index (Phi) is 5.51. The predicted octanol–water partition coefficient (Wildman–Crippen LogP) is 4.55. The zero-order valence-corrected chi connectivity index (χ0v) is 14.7. The molecule has 1 aromatic heterocycles. The Morgan fingerprint density at radius 2 is 1.92 bits per heavy atom. The predicted molar refractivity (Wildman–Crippen MR) is 99.9 cm³/mol. The molecule has 0 aliphatic rings. The molecular weight excluding hydrogens is 340 g/mol. The maximum atomic E-state index is 12.1. The number of para-hydroxylation sites is 2. The molecule has 0 unspecified atom stereocenters. The average Bonchev–Trinajstić information content (AvgIpc) is 3.10. The molecule has 1 N–H and O–H groups in total. The SMILES string of the molecule is COc1ccccc1NC(=O)CSc1nc(-c2ccccc2)cs1. The van der Waals surface area contributed by atoms with Crippen molar-refractivity contribution in [2.75, 3.05) is 18.2 Å². The van der Waals surface area contributed by atoms with Crippen molar-refractivity contribution < 1.29 is 9.53 Å². The highest BCUT2D eigenvalue weighted by molar-refractivity contribution is 8.01. The van der Waals surface area contributed by atoms with E-state index in [2.05, 4.69) is 10.3 Å². The minimum Gasteiger partial charge on any atom is -0.495 e. The van der Waals surface area contributed by atoms with Gasteiger partial charge in [0.2, 0.25) is 5.91 Å². The number of hydrogen-bond donors (Lipinski definition) is 1. The number of anilines is 1. The van der Waals surface area contributed by atoms with Gasteiger partial charge in [-0.3, -0.25) is 4.79 Å². The summed E-state index contributed by atoms with van der Waals surface area (Å²) in [5, 5.41) is 4.87. The van der Waals surface area contributed by atoms with Gasteiger partial charge >= 0.3 is 0 Å². The number of thioether (sulfide) groups is 1. The van der Waals surface area contributed by atoms with E-state index in [1.54, 1.807) is 18.4 Å². The summed E-state index contributed by atoms with van der Waals surface area (Å²) in [5.41, 5.74) is 2.70. The zero-order chi connectivity index (χ0) is 16.8. The Bertz CT molecular complexity index is 819. The highest BCUT2D eigenvalue weighted by atomic mass is 32.2. The van der Waals surface area contributed by atoms with Crippen LogP contribution in [0.15, 0.2) is 64.3 Å². The number of aromatic nitrogens is 1. The number of benzene rings is 2. The molecular formula is C18H16N2O2S2. The summed E-state index contributed by atoms with van der Waals surface area (Å²) in [4.78, 5) is 16.7. The van der Waals surface area contributed by atoms with Crippen molar-refractivity contribution in [3.63, 3.8) is 0 Å². The number of nitrogens with one attached hydrogen (secondary N) is 1. The third kappa shape index (κ3) is 4.15. The van der Waals surface area contributed by atoms with E-state index in [0.29, 0.717) is 17.2 Å². The number of carbonyl (C=O) groups is 1. The second-order valence-corrected chi connectivity index (χ2v) is 6.98. The number of methoxy groups -OCH3 is 1. The van der Waals surface area contributed by atoms with Gasteiger partial charge in [-0.2, -0.15) is 0 Å². The molecule has 6 heteroatoms. The molecule has 0 radical (unpaired) electrons. The summed E-state index contributed by atoms with van der Waals surface area (Å²) in [7, 11) is 1.58. The summed E-state index contributed by atoms with van der Waals surface area (Å²) < 4.78 is 6.11. The number of amides is 1. The second-order valence-electron chi connectivity index (χ2n) is 4.90. The molecule has 1 heterocycles. The molecule has 0 spiro atoms. The maximum Gasteiger partial charge on any atom is 0.234 e. The lowest BCUT2D eigenvalue weighted by Crippen LogP contribution is -2.14. The first-order valence-corrected chi connectivity index (χ1v) is 9.19. The fraction of sp³-hybridized carbons (Fsp3) is 0.111. The molecule has 0 saturated heterocycles. The summed E-state index contributed by atoms with van der Waals surface area (Å²) in [6.45, 7) is 0. The van der Waals surface area contributed by atoms with Crippen molar-refractivity contribution in [3.05, 3.63) is 60.0 Å². The van der Waals surface area contributed by atoms with Gasteiger partial charge in [0.05, 0.1) is 24.2 Å². The van der Waals surface area contributed by atoms with E-state index in [0.717, 1.165) is 15.6 Å². The van der Waals surface area contributed by atoms with E-state index in [1.165, 1.54) is 11.8 Å². The van der Waals surface area contributed by atoms with Crippen molar-refractivity contribution in [1.82, 2.24) is 4.98 Å². The van der Waals surface area contributed by atoms with Crippen LogP contribution in [0.4, 0.5) is 5.69 Å². The van der Waals surface area contributed by atoms with E-state index in [4.69, 9.17) is 4.74 Å². The van der Waals surface area contributed by atoms with Crippen LogP contribution in [-0.2, 0) is 4.79 Å². The first kappa shape index (κ1) is 16.5. The summed E-state index contributed by atoms with van der Waals surface area (Å²) in [6, 6.07) is 17.4. The van der Waals surface area contributed by atoms with Crippen molar-refractivity contribution >= 4 is 34.7 Å². The Hall–Kier alpha value is -2.31. The van der Waals surface area contributed by atoms with E-state index in [1.807, 2.05) is 60.0 Å². The van der Waals surface area contributed by atoms with Crippen molar-refractivity contribution in [2.45, 2.75) is 4.34 Å². The molecule has 0 saturated carbocycles. The standard InChI is InChI=1S/C18H16N2O2S2/c1-22-16-10-6-5-9-14(16)19-17(21)12-24-18-20-15(11-23-18)13-7-3-2-4-8-13/h2-11H,12H2,1H3,(H,19,21). The molecule has 122 valence electrons. The largest absolute Gasteiger partial charge is 0.495 e. The number of thiazole rings is 1. The summed E-state index contributed by atoms with van der Waals surface area (Å²) in [5.74, 6) is 0.872. The number of ether oxygens (including phenoxy) is 1. The highest BCUT2D eigenvalue weighted by Crippen LogP contribution is 2.29. The smallest absolute Gasteiger partial charge is 0.234 e. The van der Waals surface area contributed by atoms with E-state index in [-0.39, 0.29) is 5.91 Å². The minimum atomic E-state index is -0.0824. The quantitative estimate of drug-likeness (QED) is 0.658. The van der Waals surface area contributed by atoms with Crippen LogP contribution in [0.3, 0.4) is 0 Å². The molecule has 0 bridgehead atoms. The third-order valence-corrected chi connectivity index (χ3v) is 5.28. The lowest BCUT2D eigenvalue weighted by atomic mass is 10.2. The summed E-state index contributed by atoms with van der Waals surface area (Å²) >= 11 is 2.98. The zero-order valence-electron chi connectivity index (χ0n) is 13.1. The summed E-state index contributed by atoms with van der Waals surface area (Å²) in [6.07, 6.45) is 0. The first-order chi connectivity index (χ1) is 11.8. The van der Waals surface area contributed by atoms with E-state index in [9.17, 15) is 4.79 Å². The normalized spacial score (nSPS) is 10.4. The van der Waals surface area contributed by atoms with Gasteiger partial charge in [-0.05, 0) is 12.1 Å². The van der Waals surface area contributed by atoms with Gasteiger partial charge in [-0.15, -0.1) is 11.3 Å². The molecule has 3 aromatic rings. The first-order valence-electron chi connectivity index (χ1n) is 7.33. The number of carbonyl (C=O) groups excluding carboxylic acids is 1. The minimum absolute atomic E-state index is 0.0824. The van der Waals surface area contributed by atoms with Crippen LogP contribution in [0.5, 0.6) is 5.75 Å². The molecule has 3 rings (SSSR count). The fourth-order valence-corrected chi connectivity index (χ4v) is 3.76. The van der Waals surface area contributed by atoms with Crippen LogP contribution < -0.4 is 10.1 Å². The van der Waals surface area contributed by atoms with Crippen LogP contribution in [-0.4, -0.2) is 23.8 Å². The van der Waals surface area contributed by atoms with Gasteiger partial charge in [0.1, 0.15) is 5.75 Å². The Labute approximate surface area is 148 Å². The molecule has 0 fully saturated rings. The lowest BCUT2D eigenvalue weighted by molar-refractivity contribution is -0.113. The molecule has 0 aliphatic carbocycles. The van der Waals surface area contributed by atoms with E-state index < -0.39 is 0 Å². The number of hydrogen-bond acceptors (Lipinski definition) is 5. The number of rotatable bonds is 6. The van der Waals surface area contributed by atoms with Gasteiger partial charge in [0.25, 0.3) is 0 Å². The molecule has 0 aliphatic heterocycles. The third-order valence-electron chi connectivity index (χ3n) is 3.26. The van der Waals surface area contributed by atoms with Gasteiger partial charge in [-0.1, -0.05) is 54.2 Å². The molecule has 1 amide bonds. The van der Waals surface area contributed by atoms with Gasteiger partial charge in [0.15, 0.2) is 4.34 Å². The molecule has 4 nitrogen and oxygen atoms in total. The van der Waals surface area contributed by atoms with Crippen molar-refractivity contribution in [1.29, 1.82) is 0 Å². The maximum absolute atomic E-state index is 12.1. The van der Waals surface area contributed by atoms with Crippen LogP contribution in [0, 0.1) is 0 Å².